The Balaban J connectivity index is 2.03. The standard InChI is InChI=1S/C16H13Cl2N3/c17-10-5-11(18)7-13(6-10)21-15-4-3-12(19)8-14(15)20-16(21)9-1-2-9/h3-9H,1-2,19H2. The van der Waals surface area contributed by atoms with E-state index in [1.165, 1.54) is 12.8 Å². The second-order valence-electron chi connectivity index (χ2n) is 5.46. The van der Waals surface area contributed by atoms with Gasteiger partial charge in [-0.15, -0.1) is 0 Å². The summed E-state index contributed by atoms with van der Waals surface area (Å²) in [6.45, 7) is 0. The molecule has 1 heterocycles. The second kappa shape index (κ2) is 4.65. The first-order valence-electron chi connectivity index (χ1n) is 6.86. The molecule has 0 spiro atoms. The van der Waals surface area contributed by atoms with Crippen LogP contribution in [0.25, 0.3) is 16.7 Å². The number of fused-ring (bicyclic) bond motifs is 1. The molecule has 1 aromatic heterocycles. The van der Waals surface area contributed by atoms with Gasteiger partial charge >= 0.3 is 0 Å². The monoisotopic (exact) mass is 317 g/mol. The topological polar surface area (TPSA) is 43.8 Å². The molecule has 0 unspecified atom stereocenters. The third-order valence-electron chi connectivity index (χ3n) is 3.75. The average molecular weight is 318 g/mol. The molecular weight excluding hydrogens is 305 g/mol. The number of imidazole rings is 1. The Morgan fingerprint density at radius 3 is 2.43 bits per heavy atom. The molecule has 0 bridgehead atoms. The second-order valence-corrected chi connectivity index (χ2v) is 6.33. The molecule has 21 heavy (non-hydrogen) atoms. The molecule has 0 amide bonds. The number of hydrogen-bond donors (Lipinski definition) is 1. The largest absolute Gasteiger partial charge is 0.399 e. The fraction of sp³-hybridized carbons (Fsp3) is 0.188. The van der Waals surface area contributed by atoms with Gasteiger partial charge in [0, 0.05) is 21.7 Å². The van der Waals surface area contributed by atoms with Crippen LogP contribution in [0.3, 0.4) is 0 Å². The Bertz CT molecular complexity index is 830. The maximum absolute atomic E-state index is 6.15. The summed E-state index contributed by atoms with van der Waals surface area (Å²) >= 11 is 12.3. The lowest BCUT2D eigenvalue weighted by Crippen LogP contribution is -2.00. The number of halogens is 2. The van der Waals surface area contributed by atoms with Crippen molar-refractivity contribution in [2.24, 2.45) is 0 Å². The van der Waals surface area contributed by atoms with E-state index in [0.717, 1.165) is 28.2 Å². The predicted octanol–water partition coefficient (Wildman–Crippen LogP) is 4.79. The van der Waals surface area contributed by atoms with Crippen LogP contribution >= 0.6 is 23.2 Å². The summed E-state index contributed by atoms with van der Waals surface area (Å²) in [5.74, 6) is 1.57. The lowest BCUT2D eigenvalue weighted by atomic mass is 10.2. The predicted molar refractivity (Wildman–Crippen MR) is 87.5 cm³/mol. The maximum atomic E-state index is 6.15. The third kappa shape index (κ3) is 2.27. The first-order chi connectivity index (χ1) is 10.1. The van der Waals surface area contributed by atoms with Gasteiger partial charge in [-0.3, -0.25) is 4.57 Å². The van der Waals surface area contributed by atoms with Gasteiger partial charge in [-0.1, -0.05) is 23.2 Å². The molecule has 1 aliphatic carbocycles. The smallest absolute Gasteiger partial charge is 0.117 e. The summed E-state index contributed by atoms with van der Waals surface area (Å²) in [4.78, 5) is 4.77. The highest BCUT2D eigenvalue weighted by Gasteiger charge is 2.30. The summed E-state index contributed by atoms with van der Waals surface area (Å²) in [6, 6.07) is 11.4. The number of nitrogens with two attached hydrogens (primary N) is 1. The zero-order valence-corrected chi connectivity index (χ0v) is 12.7. The van der Waals surface area contributed by atoms with E-state index in [4.69, 9.17) is 33.9 Å². The van der Waals surface area contributed by atoms with Crippen LogP contribution in [0.2, 0.25) is 10.0 Å². The van der Waals surface area contributed by atoms with Crippen molar-refractivity contribution < 1.29 is 0 Å². The molecule has 1 fully saturated rings. The minimum atomic E-state index is 0.511. The summed E-state index contributed by atoms with van der Waals surface area (Å²) in [7, 11) is 0. The van der Waals surface area contributed by atoms with E-state index in [1.807, 2.05) is 30.3 Å². The van der Waals surface area contributed by atoms with E-state index in [0.29, 0.717) is 16.0 Å². The first kappa shape index (κ1) is 13.0. The molecule has 0 aliphatic heterocycles. The molecule has 0 atom stereocenters. The summed E-state index contributed by atoms with van der Waals surface area (Å²) in [5.41, 5.74) is 9.48. The summed E-state index contributed by atoms with van der Waals surface area (Å²) in [6.07, 6.45) is 2.35. The number of rotatable bonds is 2. The van der Waals surface area contributed by atoms with Crippen molar-refractivity contribution in [1.82, 2.24) is 9.55 Å². The number of benzene rings is 2. The van der Waals surface area contributed by atoms with E-state index in [1.54, 1.807) is 6.07 Å². The molecule has 2 N–H and O–H groups in total. The van der Waals surface area contributed by atoms with Crippen molar-refractivity contribution in [1.29, 1.82) is 0 Å². The van der Waals surface area contributed by atoms with Gasteiger partial charge in [0.1, 0.15) is 5.82 Å². The highest BCUT2D eigenvalue weighted by molar-refractivity contribution is 6.34. The molecule has 0 radical (unpaired) electrons. The molecule has 1 saturated carbocycles. The lowest BCUT2D eigenvalue weighted by molar-refractivity contribution is 0.896. The number of hydrogen-bond acceptors (Lipinski definition) is 2. The van der Waals surface area contributed by atoms with Gasteiger partial charge < -0.3 is 5.73 Å². The van der Waals surface area contributed by atoms with Crippen LogP contribution < -0.4 is 5.73 Å². The summed E-state index contributed by atoms with van der Waals surface area (Å²) < 4.78 is 2.14. The Kier molecular flexibility index (Phi) is 2.88. The third-order valence-corrected chi connectivity index (χ3v) is 4.19. The minimum Gasteiger partial charge on any atom is -0.399 e. The van der Waals surface area contributed by atoms with Crippen molar-refractivity contribution in [3.05, 3.63) is 52.3 Å². The van der Waals surface area contributed by atoms with Crippen LogP contribution in [0.15, 0.2) is 36.4 Å². The van der Waals surface area contributed by atoms with Crippen molar-refractivity contribution in [3.8, 4) is 5.69 Å². The molecule has 1 aliphatic rings. The quantitative estimate of drug-likeness (QED) is 0.690. The summed E-state index contributed by atoms with van der Waals surface area (Å²) in [5, 5.41) is 1.24. The van der Waals surface area contributed by atoms with Crippen LogP contribution in [-0.4, -0.2) is 9.55 Å². The molecular formula is C16H13Cl2N3. The van der Waals surface area contributed by atoms with Gasteiger partial charge in [0.05, 0.1) is 16.7 Å². The molecule has 5 heteroatoms. The highest BCUT2D eigenvalue weighted by Crippen LogP contribution is 2.42. The van der Waals surface area contributed by atoms with Gasteiger partial charge in [-0.05, 0) is 49.2 Å². The fourth-order valence-electron chi connectivity index (χ4n) is 2.67. The Morgan fingerprint density at radius 2 is 1.76 bits per heavy atom. The van der Waals surface area contributed by atoms with Gasteiger partial charge in [0.2, 0.25) is 0 Å². The Labute approximate surface area is 132 Å². The molecule has 4 rings (SSSR count). The Morgan fingerprint density at radius 1 is 1.05 bits per heavy atom. The van der Waals surface area contributed by atoms with Gasteiger partial charge in [0.15, 0.2) is 0 Å². The number of anilines is 1. The van der Waals surface area contributed by atoms with Gasteiger partial charge in [-0.25, -0.2) is 4.98 Å². The zero-order chi connectivity index (χ0) is 14.6. The van der Waals surface area contributed by atoms with Crippen LogP contribution in [0.4, 0.5) is 5.69 Å². The van der Waals surface area contributed by atoms with E-state index in [-0.39, 0.29) is 0 Å². The van der Waals surface area contributed by atoms with Crippen LogP contribution in [-0.2, 0) is 0 Å². The van der Waals surface area contributed by atoms with Crippen molar-refractivity contribution in [2.45, 2.75) is 18.8 Å². The average Bonchev–Trinajstić information content (AvgIpc) is 3.18. The van der Waals surface area contributed by atoms with E-state index in [9.17, 15) is 0 Å². The number of nitrogen functional groups attached to an aromatic ring is 1. The molecule has 106 valence electrons. The maximum Gasteiger partial charge on any atom is 0.117 e. The van der Waals surface area contributed by atoms with E-state index in [2.05, 4.69) is 4.57 Å². The normalized spacial score (nSPS) is 14.8. The van der Waals surface area contributed by atoms with Crippen molar-refractivity contribution >= 4 is 39.9 Å². The van der Waals surface area contributed by atoms with Crippen molar-refractivity contribution in [2.75, 3.05) is 5.73 Å². The van der Waals surface area contributed by atoms with Gasteiger partial charge in [-0.2, -0.15) is 0 Å². The molecule has 2 aromatic carbocycles. The van der Waals surface area contributed by atoms with Gasteiger partial charge in [0.25, 0.3) is 0 Å². The van der Waals surface area contributed by atoms with E-state index >= 15 is 0 Å². The van der Waals surface area contributed by atoms with Crippen molar-refractivity contribution in [3.63, 3.8) is 0 Å². The zero-order valence-electron chi connectivity index (χ0n) is 11.2. The lowest BCUT2D eigenvalue weighted by Gasteiger charge is -2.10. The SMILES string of the molecule is Nc1ccc2c(c1)nc(C1CC1)n2-c1cc(Cl)cc(Cl)c1. The van der Waals surface area contributed by atoms with Crippen LogP contribution in [0.5, 0.6) is 0 Å². The minimum absolute atomic E-state index is 0.511. The first-order valence-corrected chi connectivity index (χ1v) is 7.62. The van der Waals surface area contributed by atoms with Crippen LogP contribution in [0.1, 0.15) is 24.6 Å². The van der Waals surface area contributed by atoms with E-state index < -0.39 is 0 Å². The highest BCUT2D eigenvalue weighted by atomic mass is 35.5. The number of aromatic nitrogens is 2. The molecule has 3 nitrogen and oxygen atoms in total. The van der Waals surface area contributed by atoms with Crippen LogP contribution in [0, 0.1) is 0 Å². The molecule has 3 aromatic rings. The fourth-order valence-corrected chi connectivity index (χ4v) is 3.19. The Hall–Kier alpha value is -1.71. The number of nitrogens with zero attached hydrogens (tertiary/aromatic N) is 2. The molecule has 0 saturated heterocycles.